The molecule has 12 heteroatoms. The van der Waals surface area contributed by atoms with Crippen LogP contribution in [0.15, 0.2) is 0 Å². The molecular formula is C14H14Cl5N3O4. The predicted molar refractivity (Wildman–Crippen MR) is 101 cm³/mol. The van der Waals surface area contributed by atoms with Crippen molar-refractivity contribution >= 4 is 75.8 Å². The Morgan fingerprint density at radius 2 is 1.23 bits per heavy atom. The Morgan fingerprint density at radius 3 is 1.77 bits per heavy atom. The smallest absolute Gasteiger partial charge is 0.313 e. The highest BCUT2D eigenvalue weighted by molar-refractivity contribution is 6.55. The van der Waals surface area contributed by atoms with E-state index < -0.39 is 5.97 Å². The Bertz CT molecular complexity index is 685. The lowest BCUT2D eigenvalue weighted by atomic mass is 10.3. The van der Waals surface area contributed by atoms with Gasteiger partial charge in [-0.2, -0.15) is 0 Å². The number of esters is 1. The number of carbonyl (C=O) groups is 3. The van der Waals surface area contributed by atoms with Crippen LogP contribution in [-0.2, 0) is 14.4 Å². The van der Waals surface area contributed by atoms with Gasteiger partial charge in [0.05, 0.1) is 28.0 Å². The molecule has 144 valence electrons. The van der Waals surface area contributed by atoms with E-state index in [4.69, 9.17) is 68.5 Å². The van der Waals surface area contributed by atoms with Crippen LogP contribution in [-0.4, -0.2) is 37.4 Å². The summed E-state index contributed by atoms with van der Waals surface area (Å²) in [5.74, 6) is -1.66. The zero-order valence-corrected chi connectivity index (χ0v) is 16.9. The molecule has 0 radical (unpaired) electrons. The highest BCUT2D eigenvalue weighted by Crippen LogP contribution is 2.48. The molecule has 1 aromatic rings. The molecule has 0 aliphatic heterocycles. The Hall–Kier alpha value is -0.960. The summed E-state index contributed by atoms with van der Waals surface area (Å²) in [6.45, 7) is -0.0105. The van der Waals surface area contributed by atoms with E-state index in [2.05, 4.69) is 10.6 Å². The normalized spacial score (nSPS) is 10.4. The molecule has 0 unspecified atom stereocenters. The van der Waals surface area contributed by atoms with E-state index in [9.17, 15) is 14.4 Å². The van der Waals surface area contributed by atoms with E-state index in [0.717, 1.165) is 0 Å². The molecule has 2 amide bonds. The molecule has 7 nitrogen and oxygen atoms in total. The van der Waals surface area contributed by atoms with Crippen molar-refractivity contribution in [3.8, 4) is 5.75 Å². The van der Waals surface area contributed by atoms with Crippen molar-refractivity contribution in [3.05, 3.63) is 25.1 Å². The molecule has 0 bridgehead atoms. The lowest BCUT2D eigenvalue weighted by molar-refractivity contribution is -0.134. The maximum atomic E-state index is 11.9. The summed E-state index contributed by atoms with van der Waals surface area (Å²) in [7, 11) is 0. The number of hydrogen-bond acceptors (Lipinski definition) is 5. The highest BCUT2D eigenvalue weighted by atomic mass is 35.5. The predicted octanol–water partition coefficient (Wildman–Crippen LogP) is 2.83. The molecule has 4 N–H and O–H groups in total. The van der Waals surface area contributed by atoms with Gasteiger partial charge >= 0.3 is 5.97 Å². The van der Waals surface area contributed by atoms with Crippen molar-refractivity contribution < 1.29 is 19.1 Å². The Kier molecular flexibility index (Phi) is 9.78. The Morgan fingerprint density at radius 1 is 0.769 bits per heavy atom. The number of halogens is 5. The largest absolute Gasteiger partial charge is 0.423 e. The van der Waals surface area contributed by atoms with Crippen molar-refractivity contribution in [1.82, 2.24) is 10.6 Å². The van der Waals surface area contributed by atoms with E-state index in [-0.39, 0.29) is 75.2 Å². The molecule has 0 spiro atoms. The average molecular weight is 466 g/mol. The number of ether oxygens (including phenoxy) is 1. The number of carbonyl (C=O) groups excluding carboxylic acids is 3. The number of nitrogens with one attached hydrogen (secondary N) is 2. The Labute approximate surface area is 174 Å². The van der Waals surface area contributed by atoms with Gasteiger partial charge in [-0.1, -0.05) is 58.0 Å². The lowest BCUT2D eigenvalue weighted by Crippen LogP contribution is -2.34. The SMILES string of the molecule is NCC(=O)NCCC(=O)NCCC(=O)Oc1c(Cl)c(Cl)c(Cl)c(Cl)c1Cl. The minimum Gasteiger partial charge on any atom is -0.423 e. The lowest BCUT2D eigenvalue weighted by Gasteiger charge is -2.12. The fourth-order valence-electron chi connectivity index (χ4n) is 1.62. The fourth-order valence-corrected chi connectivity index (χ4v) is 2.82. The third kappa shape index (κ3) is 6.64. The Balaban J connectivity index is 2.49. The third-order valence-corrected chi connectivity index (χ3v) is 5.14. The summed E-state index contributed by atoms with van der Waals surface area (Å²) in [5, 5.41) is 4.37. The van der Waals surface area contributed by atoms with Gasteiger partial charge in [0.2, 0.25) is 11.8 Å². The second kappa shape index (κ2) is 11.0. The van der Waals surface area contributed by atoms with Crippen molar-refractivity contribution in [2.24, 2.45) is 5.73 Å². The molecular weight excluding hydrogens is 451 g/mol. The van der Waals surface area contributed by atoms with Crippen LogP contribution in [0.1, 0.15) is 12.8 Å². The van der Waals surface area contributed by atoms with Crippen molar-refractivity contribution in [2.45, 2.75) is 12.8 Å². The van der Waals surface area contributed by atoms with Gasteiger partial charge in [0, 0.05) is 19.5 Å². The zero-order valence-electron chi connectivity index (χ0n) is 13.1. The van der Waals surface area contributed by atoms with Crippen LogP contribution in [0.4, 0.5) is 0 Å². The first kappa shape index (κ1) is 23.1. The van der Waals surface area contributed by atoms with Crippen LogP contribution in [0.2, 0.25) is 25.1 Å². The van der Waals surface area contributed by atoms with E-state index in [1.807, 2.05) is 0 Å². The second-order valence-corrected chi connectivity index (χ2v) is 6.67. The first-order valence-electron chi connectivity index (χ1n) is 7.14. The molecule has 0 saturated carbocycles. The van der Waals surface area contributed by atoms with Crippen LogP contribution in [0.5, 0.6) is 5.75 Å². The van der Waals surface area contributed by atoms with E-state index in [1.54, 1.807) is 0 Å². The quantitative estimate of drug-likeness (QED) is 0.237. The second-order valence-electron chi connectivity index (χ2n) is 4.78. The first-order chi connectivity index (χ1) is 12.2. The maximum absolute atomic E-state index is 11.9. The van der Waals surface area contributed by atoms with Crippen LogP contribution >= 0.6 is 58.0 Å². The zero-order chi connectivity index (χ0) is 19.9. The van der Waals surface area contributed by atoms with Crippen LogP contribution in [0.3, 0.4) is 0 Å². The molecule has 1 rings (SSSR count). The van der Waals surface area contributed by atoms with Gasteiger partial charge in [0.1, 0.15) is 10.0 Å². The van der Waals surface area contributed by atoms with Gasteiger partial charge in [-0.3, -0.25) is 14.4 Å². The topological polar surface area (TPSA) is 111 Å². The van der Waals surface area contributed by atoms with Gasteiger partial charge < -0.3 is 21.1 Å². The van der Waals surface area contributed by atoms with Crippen molar-refractivity contribution in [2.75, 3.05) is 19.6 Å². The summed E-state index contributed by atoms with van der Waals surface area (Å²) in [4.78, 5) is 34.3. The molecule has 0 heterocycles. The standard InChI is InChI=1S/C14H14Cl5N3O4/c15-9-10(16)12(18)14(13(19)11(9)17)26-8(25)2-4-21-6(23)1-3-22-7(24)5-20/h1-5,20H2,(H,21,23)(H,22,24). The molecule has 26 heavy (non-hydrogen) atoms. The molecule has 0 aliphatic carbocycles. The molecule has 0 aromatic heterocycles. The minimum absolute atomic E-state index is 0.00674. The van der Waals surface area contributed by atoms with E-state index in [0.29, 0.717) is 0 Å². The van der Waals surface area contributed by atoms with Crippen LogP contribution in [0, 0.1) is 0 Å². The summed E-state index contributed by atoms with van der Waals surface area (Å²) < 4.78 is 5.05. The van der Waals surface area contributed by atoms with E-state index in [1.165, 1.54) is 0 Å². The average Bonchev–Trinajstić information content (AvgIpc) is 2.61. The van der Waals surface area contributed by atoms with Crippen molar-refractivity contribution in [3.63, 3.8) is 0 Å². The van der Waals surface area contributed by atoms with Gasteiger partial charge in [-0.05, 0) is 0 Å². The minimum atomic E-state index is -0.722. The van der Waals surface area contributed by atoms with Gasteiger partial charge in [0.25, 0.3) is 0 Å². The summed E-state index contributed by atoms with van der Waals surface area (Å²) >= 11 is 29.5. The third-order valence-electron chi connectivity index (χ3n) is 2.90. The van der Waals surface area contributed by atoms with Crippen LogP contribution < -0.4 is 21.1 Å². The highest BCUT2D eigenvalue weighted by Gasteiger charge is 2.22. The van der Waals surface area contributed by atoms with Gasteiger partial charge in [-0.25, -0.2) is 0 Å². The summed E-state index contributed by atoms with van der Waals surface area (Å²) in [6.07, 6.45) is -0.119. The van der Waals surface area contributed by atoms with Gasteiger partial charge in [0.15, 0.2) is 5.75 Å². The van der Waals surface area contributed by atoms with Crippen molar-refractivity contribution in [1.29, 1.82) is 0 Å². The molecule has 0 fully saturated rings. The number of benzene rings is 1. The van der Waals surface area contributed by atoms with Gasteiger partial charge in [-0.15, -0.1) is 0 Å². The van der Waals surface area contributed by atoms with E-state index >= 15 is 0 Å². The first-order valence-corrected chi connectivity index (χ1v) is 9.03. The number of rotatable bonds is 8. The molecule has 1 aromatic carbocycles. The monoisotopic (exact) mass is 463 g/mol. The molecule has 0 aliphatic rings. The molecule has 0 saturated heterocycles. The molecule has 0 atom stereocenters. The maximum Gasteiger partial charge on any atom is 0.313 e. The number of nitrogens with two attached hydrogens (primary N) is 1. The summed E-state index contributed by atoms with van der Waals surface area (Å²) in [5.41, 5.74) is 5.11. The summed E-state index contributed by atoms with van der Waals surface area (Å²) in [6, 6.07) is 0. The number of amides is 2. The van der Waals surface area contributed by atoms with Crippen LogP contribution in [0.25, 0.3) is 0 Å². The number of hydrogen-bond donors (Lipinski definition) is 3. The fraction of sp³-hybridized carbons (Fsp3) is 0.357.